The highest BCUT2D eigenvalue weighted by atomic mass is 19.4. The molecule has 0 aromatic carbocycles. The average Bonchev–Trinajstić information content (AvgIpc) is 2.69. The second-order valence-corrected chi connectivity index (χ2v) is 5.63. The Morgan fingerprint density at radius 1 is 0.926 bits per heavy atom. The van der Waals surface area contributed by atoms with Crippen molar-refractivity contribution in [2.45, 2.75) is 24.8 Å². The number of rotatable bonds is 6. The van der Waals surface area contributed by atoms with E-state index in [4.69, 9.17) is 5.73 Å². The number of nitrogens with zero attached hydrogens (tertiary/aromatic N) is 5. The normalized spacial score (nSPS) is 13.9. The number of hydrogen-bond donors (Lipinski definition) is 2. The van der Waals surface area contributed by atoms with Gasteiger partial charge >= 0.3 is 6.18 Å². The van der Waals surface area contributed by atoms with Crippen molar-refractivity contribution < 1.29 is 13.2 Å². The van der Waals surface area contributed by atoms with Gasteiger partial charge in [0.05, 0.1) is 29.9 Å². The molecule has 3 heterocycles. The van der Waals surface area contributed by atoms with E-state index in [1.54, 1.807) is 36.9 Å². The van der Waals surface area contributed by atoms with Gasteiger partial charge in [-0.3, -0.25) is 10.3 Å². The number of halogens is 3. The van der Waals surface area contributed by atoms with Crippen LogP contribution in [0.2, 0.25) is 0 Å². The molecule has 0 fully saturated rings. The van der Waals surface area contributed by atoms with Crippen LogP contribution in [0.4, 0.5) is 13.2 Å². The van der Waals surface area contributed by atoms with E-state index in [9.17, 15) is 13.2 Å². The Balaban J connectivity index is 1.87. The van der Waals surface area contributed by atoms with Crippen LogP contribution in [0.3, 0.4) is 0 Å². The van der Waals surface area contributed by atoms with E-state index in [2.05, 4.69) is 30.2 Å². The molecule has 3 aromatic rings. The molecule has 0 aliphatic heterocycles. The topological polar surface area (TPSA) is 102 Å². The summed E-state index contributed by atoms with van der Waals surface area (Å²) in [7, 11) is 0. The molecule has 10 heteroatoms. The van der Waals surface area contributed by atoms with Crippen LogP contribution in [0.1, 0.15) is 35.0 Å². The smallest absolute Gasteiger partial charge is 0.320 e. The van der Waals surface area contributed by atoms with Crippen LogP contribution in [0.25, 0.3) is 0 Å². The van der Waals surface area contributed by atoms with Gasteiger partial charge in [0.25, 0.3) is 0 Å². The molecule has 0 bridgehead atoms. The highest BCUT2D eigenvalue weighted by Crippen LogP contribution is 2.30. The second kappa shape index (κ2) is 8.14. The van der Waals surface area contributed by atoms with E-state index in [0.29, 0.717) is 17.3 Å². The summed E-state index contributed by atoms with van der Waals surface area (Å²) < 4.78 is 38.4. The van der Waals surface area contributed by atoms with E-state index in [-0.39, 0.29) is 6.54 Å². The van der Waals surface area contributed by atoms with Crippen molar-refractivity contribution in [3.8, 4) is 0 Å². The lowest BCUT2D eigenvalue weighted by Crippen LogP contribution is -2.33. The van der Waals surface area contributed by atoms with Crippen LogP contribution >= 0.6 is 0 Å². The minimum absolute atomic E-state index is 0.245. The van der Waals surface area contributed by atoms with Crippen LogP contribution in [0, 0.1) is 0 Å². The molecule has 3 aromatic heterocycles. The van der Waals surface area contributed by atoms with Crippen LogP contribution in [-0.2, 0) is 12.7 Å². The zero-order chi connectivity index (χ0) is 19.3. The lowest BCUT2D eigenvalue weighted by atomic mass is 10.0. The lowest BCUT2D eigenvalue weighted by Gasteiger charge is -2.23. The van der Waals surface area contributed by atoms with Crippen LogP contribution in [0.15, 0.2) is 55.2 Å². The van der Waals surface area contributed by atoms with Gasteiger partial charge in [0.15, 0.2) is 0 Å². The van der Waals surface area contributed by atoms with Crippen molar-refractivity contribution >= 4 is 0 Å². The summed E-state index contributed by atoms with van der Waals surface area (Å²) in [6, 6.07) is 4.20. The molecule has 27 heavy (non-hydrogen) atoms. The maximum atomic E-state index is 12.8. The van der Waals surface area contributed by atoms with Gasteiger partial charge in [-0.2, -0.15) is 13.2 Å². The molecule has 2 atom stereocenters. The first-order valence-electron chi connectivity index (χ1n) is 8.00. The van der Waals surface area contributed by atoms with Gasteiger partial charge < -0.3 is 5.73 Å². The first-order chi connectivity index (χ1) is 12.9. The molecule has 0 saturated carbocycles. The summed E-state index contributed by atoms with van der Waals surface area (Å²) in [5, 5.41) is 3.14. The monoisotopic (exact) mass is 375 g/mol. The van der Waals surface area contributed by atoms with Crippen molar-refractivity contribution in [3.63, 3.8) is 0 Å². The molecule has 140 valence electrons. The van der Waals surface area contributed by atoms with E-state index >= 15 is 0 Å². The molecule has 3 rings (SSSR count). The van der Waals surface area contributed by atoms with Crippen molar-refractivity contribution in [2.24, 2.45) is 5.73 Å². The van der Waals surface area contributed by atoms with Crippen LogP contribution < -0.4 is 11.1 Å². The van der Waals surface area contributed by atoms with Gasteiger partial charge in [-0.25, -0.2) is 19.9 Å². The quantitative estimate of drug-likeness (QED) is 0.681. The Bertz CT molecular complexity index is 842. The third-order valence-corrected chi connectivity index (χ3v) is 3.77. The third-order valence-electron chi connectivity index (χ3n) is 3.77. The summed E-state index contributed by atoms with van der Waals surface area (Å²) in [5.41, 5.74) is 5.77. The largest absolute Gasteiger partial charge is 0.417 e. The standard InChI is InChI=1S/C17H16F3N7/c18-17(19,20)11-3-4-12(26-9-11)15(14(21)16-24-7-2-8-25-16)27-10-13-22-5-1-6-23-13/h1-9,14-15,27H,10,21H2. The van der Waals surface area contributed by atoms with Gasteiger partial charge in [0, 0.05) is 31.0 Å². The molecule has 0 spiro atoms. The first kappa shape index (κ1) is 18.8. The van der Waals surface area contributed by atoms with Gasteiger partial charge in [-0.15, -0.1) is 0 Å². The minimum Gasteiger partial charge on any atom is -0.320 e. The highest BCUT2D eigenvalue weighted by Gasteiger charge is 2.32. The maximum Gasteiger partial charge on any atom is 0.417 e. The Kier molecular flexibility index (Phi) is 5.67. The predicted octanol–water partition coefficient (Wildman–Crippen LogP) is 2.21. The fraction of sp³-hybridized carbons (Fsp3) is 0.235. The molecule has 7 nitrogen and oxygen atoms in total. The van der Waals surface area contributed by atoms with Gasteiger partial charge in [-0.05, 0) is 24.3 Å². The van der Waals surface area contributed by atoms with Crippen molar-refractivity contribution in [2.75, 3.05) is 0 Å². The highest BCUT2D eigenvalue weighted by molar-refractivity contribution is 5.21. The van der Waals surface area contributed by atoms with Crippen molar-refractivity contribution in [1.29, 1.82) is 0 Å². The van der Waals surface area contributed by atoms with E-state index < -0.39 is 23.8 Å². The van der Waals surface area contributed by atoms with Gasteiger partial charge in [0.1, 0.15) is 11.6 Å². The maximum absolute atomic E-state index is 12.8. The summed E-state index contributed by atoms with van der Waals surface area (Å²) in [6.07, 6.45) is 2.59. The van der Waals surface area contributed by atoms with E-state index in [1.165, 1.54) is 6.07 Å². The third kappa shape index (κ3) is 4.80. The summed E-state index contributed by atoms with van der Waals surface area (Å²) in [4.78, 5) is 20.4. The van der Waals surface area contributed by atoms with E-state index in [1.807, 2.05) is 0 Å². The number of nitrogens with one attached hydrogen (secondary N) is 1. The van der Waals surface area contributed by atoms with Gasteiger partial charge in [0.2, 0.25) is 0 Å². The Morgan fingerprint density at radius 3 is 2.11 bits per heavy atom. The molecular weight excluding hydrogens is 359 g/mol. The molecule has 0 radical (unpaired) electrons. The summed E-state index contributed by atoms with van der Waals surface area (Å²) in [5.74, 6) is 0.848. The number of hydrogen-bond acceptors (Lipinski definition) is 7. The molecule has 3 N–H and O–H groups in total. The number of aromatic nitrogens is 5. The summed E-state index contributed by atoms with van der Waals surface area (Å²) >= 11 is 0. The first-order valence-corrected chi connectivity index (χ1v) is 8.00. The van der Waals surface area contributed by atoms with Crippen LogP contribution in [0.5, 0.6) is 0 Å². The SMILES string of the molecule is NC(c1ncccn1)C(NCc1ncccn1)c1ccc(C(F)(F)F)cn1. The predicted molar refractivity (Wildman–Crippen MR) is 89.8 cm³/mol. The van der Waals surface area contributed by atoms with Gasteiger partial charge in [-0.1, -0.05) is 0 Å². The van der Waals surface area contributed by atoms with Crippen molar-refractivity contribution in [1.82, 2.24) is 30.2 Å². The molecule has 0 aliphatic carbocycles. The van der Waals surface area contributed by atoms with E-state index in [0.717, 1.165) is 12.3 Å². The Hall–Kier alpha value is -2.98. The molecule has 0 amide bonds. The Morgan fingerprint density at radius 2 is 1.56 bits per heavy atom. The molecule has 2 unspecified atom stereocenters. The lowest BCUT2D eigenvalue weighted by molar-refractivity contribution is -0.137. The molecular formula is C17H16F3N7. The van der Waals surface area contributed by atoms with Crippen LogP contribution in [-0.4, -0.2) is 24.9 Å². The Labute approximate surface area is 152 Å². The van der Waals surface area contributed by atoms with Crippen molar-refractivity contribution in [3.05, 3.63) is 78.2 Å². The second-order valence-electron chi connectivity index (χ2n) is 5.63. The number of nitrogens with two attached hydrogens (primary N) is 1. The molecule has 0 saturated heterocycles. The number of alkyl halides is 3. The zero-order valence-electron chi connectivity index (χ0n) is 14.0. The number of pyridine rings is 1. The average molecular weight is 375 g/mol. The molecule has 0 aliphatic rings. The fourth-order valence-corrected chi connectivity index (χ4v) is 2.43. The minimum atomic E-state index is -4.46. The summed E-state index contributed by atoms with van der Waals surface area (Å²) in [6.45, 7) is 0.245. The fourth-order valence-electron chi connectivity index (χ4n) is 2.43. The zero-order valence-corrected chi connectivity index (χ0v) is 14.0.